The van der Waals surface area contributed by atoms with Crippen LogP contribution in [-0.4, -0.2) is 23.1 Å². The summed E-state index contributed by atoms with van der Waals surface area (Å²) in [6, 6.07) is 11.6. The molecular formula is C20H21BrN2O3S. The number of carbonyl (C=O) groups is 1. The van der Waals surface area contributed by atoms with E-state index in [1.54, 1.807) is 18.2 Å². The molecule has 27 heavy (non-hydrogen) atoms. The Bertz CT molecular complexity index is 868. The standard InChI is InChI=1S/C20H21BrN2O3S/c1-3-12-5-7-14(8-6-12)22-20-23-19(25)17(27-20)11-13-9-15(21)18(24)16(10-13)26-4-2/h5-11,20,22,24H,3-4H2,1-2H3,(H,23,25)/b17-11+/t20-/m1/s1. The normalized spacial score (nSPS) is 17.8. The molecule has 0 saturated carbocycles. The largest absolute Gasteiger partial charge is 0.503 e. The first kappa shape index (κ1) is 19.6. The Morgan fingerprint density at radius 2 is 2.04 bits per heavy atom. The first-order chi connectivity index (χ1) is 13.0. The third-order valence-corrected chi connectivity index (χ3v) is 5.67. The number of amides is 1. The van der Waals surface area contributed by atoms with E-state index in [9.17, 15) is 9.90 Å². The second-order valence-electron chi connectivity index (χ2n) is 5.96. The molecule has 3 rings (SSSR count). The van der Waals surface area contributed by atoms with E-state index in [1.165, 1.54) is 17.3 Å². The number of phenolic OH excluding ortho intramolecular Hbond substituents is 1. The number of thioether (sulfide) groups is 1. The van der Waals surface area contributed by atoms with Gasteiger partial charge in [0.1, 0.15) is 0 Å². The minimum Gasteiger partial charge on any atom is -0.503 e. The summed E-state index contributed by atoms with van der Waals surface area (Å²) in [5.41, 5.74) is 2.77. The Balaban J connectivity index is 1.74. The smallest absolute Gasteiger partial charge is 0.260 e. The van der Waals surface area contributed by atoms with Crippen molar-refractivity contribution in [2.45, 2.75) is 25.8 Å². The number of rotatable bonds is 6. The van der Waals surface area contributed by atoms with Gasteiger partial charge < -0.3 is 20.5 Å². The third-order valence-electron chi connectivity index (χ3n) is 4.04. The van der Waals surface area contributed by atoms with E-state index in [0.717, 1.165) is 17.7 Å². The van der Waals surface area contributed by atoms with Gasteiger partial charge in [0.05, 0.1) is 16.0 Å². The highest BCUT2D eigenvalue weighted by Gasteiger charge is 2.27. The van der Waals surface area contributed by atoms with Crippen LogP contribution in [0.25, 0.3) is 6.08 Å². The van der Waals surface area contributed by atoms with Crippen LogP contribution in [0.15, 0.2) is 45.8 Å². The van der Waals surface area contributed by atoms with Gasteiger partial charge in [-0.15, -0.1) is 0 Å². The Hall–Kier alpha value is -2.12. The van der Waals surface area contributed by atoms with Crippen LogP contribution in [0.5, 0.6) is 11.5 Å². The zero-order valence-corrected chi connectivity index (χ0v) is 17.5. The van der Waals surface area contributed by atoms with Crippen LogP contribution in [0.2, 0.25) is 0 Å². The molecule has 1 saturated heterocycles. The lowest BCUT2D eigenvalue weighted by atomic mass is 10.1. The number of aryl methyl sites for hydroxylation is 1. The molecule has 2 aromatic carbocycles. The number of aromatic hydroxyl groups is 1. The van der Waals surface area contributed by atoms with Gasteiger partial charge >= 0.3 is 0 Å². The zero-order valence-electron chi connectivity index (χ0n) is 15.1. The number of carbonyl (C=O) groups excluding carboxylic acids is 1. The highest BCUT2D eigenvalue weighted by molar-refractivity contribution is 9.10. The molecule has 142 valence electrons. The van der Waals surface area contributed by atoms with Crippen LogP contribution < -0.4 is 15.4 Å². The van der Waals surface area contributed by atoms with Gasteiger partial charge in [-0.25, -0.2) is 0 Å². The highest BCUT2D eigenvalue weighted by Crippen LogP contribution is 2.37. The summed E-state index contributed by atoms with van der Waals surface area (Å²) in [7, 11) is 0. The molecule has 1 amide bonds. The van der Waals surface area contributed by atoms with Gasteiger partial charge in [-0.1, -0.05) is 30.8 Å². The molecule has 2 aromatic rings. The van der Waals surface area contributed by atoms with Crippen molar-refractivity contribution < 1.29 is 14.6 Å². The van der Waals surface area contributed by atoms with Crippen LogP contribution in [0.3, 0.4) is 0 Å². The third kappa shape index (κ3) is 4.78. The summed E-state index contributed by atoms with van der Waals surface area (Å²) in [6.07, 6.45) is 2.78. The van der Waals surface area contributed by atoms with Crippen LogP contribution in [-0.2, 0) is 11.2 Å². The van der Waals surface area contributed by atoms with Crippen LogP contribution >= 0.6 is 27.7 Å². The predicted molar refractivity (Wildman–Crippen MR) is 114 cm³/mol. The number of nitrogens with one attached hydrogen (secondary N) is 2. The van der Waals surface area contributed by atoms with Gasteiger partial charge in [0, 0.05) is 5.69 Å². The lowest BCUT2D eigenvalue weighted by Crippen LogP contribution is -2.30. The average molecular weight is 449 g/mol. The molecule has 3 N–H and O–H groups in total. The minimum absolute atomic E-state index is 0.0533. The molecule has 0 unspecified atom stereocenters. The number of anilines is 1. The summed E-state index contributed by atoms with van der Waals surface area (Å²) >= 11 is 4.74. The Labute approximate surface area is 171 Å². The first-order valence-electron chi connectivity index (χ1n) is 8.70. The fourth-order valence-electron chi connectivity index (χ4n) is 2.65. The first-order valence-corrected chi connectivity index (χ1v) is 10.4. The van der Waals surface area contributed by atoms with E-state index in [2.05, 4.69) is 45.6 Å². The maximum absolute atomic E-state index is 12.3. The van der Waals surface area contributed by atoms with Gasteiger partial charge in [0.2, 0.25) is 0 Å². The van der Waals surface area contributed by atoms with E-state index in [4.69, 9.17) is 4.74 Å². The molecule has 0 radical (unpaired) electrons. The number of ether oxygens (including phenoxy) is 1. The molecule has 1 aliphatic rings. The van der Waals surface area contributed by atoms with Crippen molar-refractivity contribution in [3.05, 3.63) is 56.9 Å². The molecule has 0 aliphatic carbocycles. The maximum Gasteiger partial charge on any atom is 0.260 e. The lowest BCUT2D eigenvalue weighted by Gasteiger charge is -2.13. The SMILES string of the molecule is CCOc1cc(/C=C2/S[C@H](Nc3ccc(CC)cc3)NC2=O)cc(Br)c1O. The van der Waals surface area contributed by atoms with Crippen molar-refractivity contribution >= 4 is 45.4 Å². The van der Waals surface area contributed by atoms with E-state index in [0.29, 0.717) is 21.7 Å². The van der Waals surface area contributed by atoms with E-state index < -0.39 is 0 Å². The second-order valence-corrected chi connectivity index (χ2v) is 7.96. The zero-order chi connectivity index (χ0) is 19.4. The van der Waals surface area contributed by atoms with Crippen molar-refractivity contribution in [3.8, 4) is 11.5 Å². The van der Waals surface area contributed by atoms with E-state index >= 15 is 0 Å². The summed E-state index contributed by atoms with van der Waals surface area (Å²) in [5.74, 6) is 0.301. The summed E-state index contributed by atoms with van der Waals surface area (Å²) < 4.78 is 5.96. The number of hydrogen-bond acceptors (Lipinski definition) is 5. The Kier molecular flexibility index (Phi) is 6.34. The van der Waals surface area contributed by atoms with Gasteiger partial charge in [-0.05, 0) is 70.7 Å². The van der Waals surface area contributed by atoms with Crippen molar-refractivity contribution in [2.24, 2.45) is 0 Å². The summed E-state index contributed by atoms with van der Waals surface area (Å²) in [6.45, 7) is 4.41. The summed E-state index contributed by atoms with van der Waals surface area (Å²) in [5, 5.41) is 16.2. The highest BCUT2D eigenvalue weighted by atomic mass is 79.9. The Morgan fingerprint density at radius 3 is 2.70 bits per heavy atom. The fraction of sp³-hybridized carbons (Fsp3) is 0.250. The van der Waals surface area contributed by atoms with E-state index in [-0.39, 0.29) is 17.2 Å². The molecule has 5 nitrogen and oxygen atoms in total. The lowest BCUT2D eigenvalue weighted by molar-refractivity contribution is -0.116. The molecule has 0 aromatic heterocycles. The van der Waals surface area contributed by atoms with Crippen molar-refractivity contribution in [2.75, 3.05) is 11.9 Å². The number of halogens is 1. The van der Waals surface area contributed by atoms with Crippen LogP contribution in [0, 0.1) is 0 Å². The summed E-state index contributed by atoms with van der Waals surface area (Å²) in [4.78, 5) is 12.9. The molecule has 1 atom stereocenters. The molecule has 1 aliphatic heterocycles. The predicted octanol–water partition coefficient (Wildman–Crippen LogP) is 4.72. The quantitative estimate of drug-likeness (QED) is 0.557. The fourth-order valence-corrected chi connectivity index (χ4v) is 4.09. The van der Waals surface area contributed by atoms with Crippen molar-refractivity contribution in [1.82, 2.24) is 5.32 Å². The monoisotopic (exact) mass is 448 g/mol. The average Bonchev–Trinajstić information content (AvgIpc) is 2.99. The van der Waals surface area contributed by atoms with Gasteiger partial charge in [-0.2, -0.15) is 0 Å². The molecule has 1 heterocycles. The van der Waals surface area contributed by atoms with Crippen molar-refractivity contribution in [3.63, 3.8) is 0 Å². The molecule has 0 spiro atoms. The Morgan fingerprint density at radius 1 is 1.30 bits per heavy atom. The van der Waals surface area contributed by atoms with Crippen molar-refractivity contribution in [1.29, 1.82) is 0 Å². The van der Waals surface area contributed by atoms with E-state index in [1.807, 2.05) is 19.1 Å². The molecule has 1 fully saturated rings. The van der Waals surface area contributed by atoms with Crippen LogP contribution in [0.1, 0.15) is 25.0 Å². The topological polar surface area (TPSA) is 70.6 Å². The minimum atomic E-state index is -0.233. The maximum atomic E-state index is 12.3. The molecular weight excluding hydrogens is 428 g/mol. The molecule has 0 bridgehead atoms. The van der Waals surface area contributed by atoms with Gasteiger partial charge in [0.25, 0.3) is 5.91 Å². The van der Waals surface area contributed by atoms with Gasteiger partial charge in [-0.3, -0.25) is 4.79 Å². The van der Waals surface area contributed by atoms with Crippen LogP contribution in [0.4, 0.5) is 5.69 Å². The number of hydrogen-bond donors (Lipinski definition) is 3. The second kappa shape index (κ2) is 8.71. The van der Waals surface area contributed by atoms with Gasteiger partial charge in [0.15, 0.2) is 17.0 Å². The molecule has 7 heteroatoms. The number of benzene rings is 2. The number of phenols is 1.